The molecule has 1 aliphatic carbocycles. The summed E-state index contributed by atoms with van der Waals surface area (Å²) in [6, 6.07) is 0.0815. The minimum Gasteiger partial charge on any atom is -0.396 e. The molecule has 2 heterocycles. The Kier molecular flexibility index (Phi) is 3.75. The van der Waals surface area contributed by atoms with E-state index in [4.69, 9.17) is 4.74 Å². The zero-order valence-electron chi connectivity index (χ0n) is 12.9. The number of hydrogen-bond donors (Lipinski definition) is 1. The van der Waals surface area contributed by atoms with Crippen molar-refractivity contribution in [2.75, 3.05) is 19.8 Å². The molecular formula is C15H23N3O3. The average molecular weight is 293 g/mol. The lowest BCUT2D eigenvalue weighted by Crippen LogP contribution is -2.51. The lowest BCUT2D eigenvalue weighted by atomic mass is 10.1. The molecule has 1 aromatic heterocycles. The van der Waals surface area contributed by atoms with E-state index in [9.17, 15) is 9.90 Å². The van der Waals surface area contributed by atoms with Gasteiger partial charge in [0.15, 0.2) is 0 Å². The molecule has 1 aromatic rings. The van der Waals surface area contributed by atoms with Gasteiger partial charge < -0.3 is 14.7 Å². The highest BCUT2D eigenvalue weighted by Crippen LogP contribution is 2.34. The summed E-state index contributed by atoms with van der Waals surface area (Å²) in [5, 5.41) is 13.7. The second-order valence-electron chi connectivity index (χ2n) is 6.18. The van der Waals surface area contributed by atoms with Gasteiger partial charge in [-0.25, -0.2) is 0 Å². The molecular weight excluding hydrogens is 270 g/mol. The van der Waals surface area contributed by atoms with Crippen molar-refractivity contribution in [3.63, 3.8) is 0 Å². The molecule has 6 nitrogen and oxygen atoms in total. The second-order valence-corrected chi connectivity index (χ2v) is 6.18. The number of ether oxygens (including phenoxy) is 1. The highest BCUT2D eigenvalue weighted by Gasteiger charge is 2.43. The standard InChI is InChI=1S/C15H23N3O3/c1-9-10(2)16-17(3)14(9)15(20)18-4-5-21-13-7-11(8-19)6-12(13)18/h11-13,19H,4-8H2,1-3H3/t11-,12+,13+/m1/s1. The lowest BCUT2D eigenvalue weighted by Gasteiger charge is -2.37. The van der Waals surface area contributed by atoms with E-state index in [0.717, 1.165) is 24.1 Å². The molecule has 0 bridgehead atoms. The van der Waals surface area contributed by atoms with Gasteiger partial charge in [0.25, 0.3) is 5.91 Å². The van der Waals surface area contributed by atoms with E-state index >= 15 is 0 Å². The number of aliphatic hydroxyl groups excluding tert-OH is 1. The molecule has 2 fully saturated rings. The number of amides is 1. The van der Waals surface area contributed by atoms with Gasteiger partial charge in [-0.05, 0) is 32.6 Å². The number of aryl methyl sites for hydroxylation is 2. The van der Waals surface area contributed by atoms with Gasteiger partial charge in [-0.3, -0.25) is 9.48 Å². The van der Waals surface area contributed by atoms with E-state index in [1.54, 1.807) is 4.68 Å². The number of aromatic nitrogens is 2. The van der Waals surface area contributed by atoms with Crippen molar-refractivity contribution >= 4 is 5.91 Å². The number of morpholine rings is 1. The fourth-order valence-electron chi connectivity index (χ4n) is 3.65. The normalized spacial score (nSPS) is 28.8. The van der Waals surface area contributed by atoms with Crippen LogP contribution in [0.25, 0.3) is 0 Å². The van der Waals surface area contributed by atoms with Crippen LogP contribution < -0.4 is 0 Å². The maximum absolute atomic E-state index is 12.9. The molecule has 21 heavy (non-hydrogen) atoms. The van der Waals surface area contributed by atoms with Gasteiger partial charge in [-0.15, -0.1) is 0 Å². The molecule has 1 aliphatic heterocycles. The number of rotatable bonds is 2. The molecule has 1 amide bonds. The Morgan fingerprint density at radius 2 is 2.19 bits per heavy atom. The minimum atomic E-state index is 0.0347. The van der Waals surface area contributed by atoms with E-state index in [2.05, 4.69) is 5.10 Å². The molecule has 0 radical (unpaired) electrons. The monoisotopic (exact) mass is 293 g/mol. The predicted molar refractivity (Wildman–Crippen MR) is 77.1 cm³/mol. The summed E-state index contributed by atoms with van der Waals surface area (Å²) in [6.45, 7) is 5.22. The van der Waals surface area contributed by atoms with Crippen LogP contribution in [0.2, 0.25) is 0 Å². The van der Waals surface area contributed by atoms with Crippen molar-refractivity contribution in [1.29, 1.82) is 0 Å². The van der Waals surface area contributed by atoms with Crippen molar-refractivity contribution in [3.05, 3.63) is 17.0 Å². The van der Waals surface area contributed by atoms with E-state index in [-0.39, 0.29) is 30.6 Å². The van der Waals surface area contributed by atoms with Crippen molar-refractivity contribution in [3.8, 4) is 0 Å². The summed E-state index contributed by atoms with van der Waals surface area (Å²) in [5.74, 6) is 0.273. The minimum absolute atomic E-state index is 0.0347. The highest BCUT2D eigenvalue weighted by molar-refractivity contribution is 5.94. The Morgan fingerprint density at radius 1 is 1.43 bits per heavy atom. The van der Waals surface area contributed by atoms with Crippen molar-refractivity contribution in [2.45, 2.75) is 38.8 Å². The first-order valence-electron chi connectivity index (χ1n) is 7.56. The zero-order chi connectivity index (χ0) is 15.1. The summed E-state index contributed by atoms with van der Waals surface area (Å²) in [4.78, 5) is 14.9. The molecule has 1 saturated carbocycles. The van der Waals surface area contributed by atoms with Gasteiger partial charge in [0.2, 0.25) is 0 Å². The Hall–Kier alpha value is -1.40. The zero-order valence-corrected chi connectivity index (χ0v) is 12.9. The van der Waals surface area contributed by atoms with Gasteiger partial charge >= 0.3 is 0 Å². The van der Waals surface area contributed by atoms with Crippen LogP contribution in [0.3, 0.4) is 0 Å². The van der Waals surface area contributed by atoms with Crippen LogP contribution in [0.5, 0.6) is 0 Å². The largest absolute Gasteiger partial charge is 0.396 e. The predicted octanol–water partition coefficient (Wildman–Crippen LogP) is 0.649. The van der Waals surface area contributed by atoms with E-state index in [1.807, 2.05) is 25.8 Å². The summed E-state index contributed by atoms with van der Waals surface area (Å²) >= 11 is 0. The maximum Gasteiger partial charge on any atom is 0.272 e. The number of fused-ring (bicyclic) bond motifs is 1. The number of carbonyl (C=O) groups is 1. The third-order valence-electron chi connectivity index (χ3n) is 4.88. The first-order valence-corrected chi connectivity index (χ1v) is 7.56. The topological polar surface area (TPSA) is 67.6 Å². The van der Waals surface area contributed by atoms with Crippen LogP contribution in [0.4, 0.5) is 0 Å². The van der Waals surface area contributed by atoms with Gasteiger partial charge in [0.1, 0.15) is 5.69 Å². The summed E-state index contributed by atoms with van der Waals surface area (Å²) in [7, 11) is 1.82. The van der Waals surface area contributed by atoms with Crippen LogP contribution in [0.1, 0.15) is 34.6 Å². The molecule has 1 saturated heterocycles. The Morgan fingerprint density at radius 3 is 2.81 bits per heavy atom. The molecule has 0 unspecified atom stereocenters. The fourth-order valence-corrected chi connectivity index (χ4v) is 3.65. The van der Waals surface area contributed by atoms with Gasteiger partial charge in [0.05, 0.1) is 24.4 Å². The molecule has 6 heteroatoms. The quantitative estimate of drug-likeness (QED) is 0.869. The molecule has 3 rings (SSSR count). The van der Waals surface area contributed by atoms with Gasteiger partial charge in [-0.2, -0.15) is 5.10 Å². The molecule has 0 spiro atoms. The first-order chi connectivity index (χ1) is 10.0. The summed E-state index contributed by atoms with van der Waals surface area (Å²) in [6.07, 6.45) is 1.73. The Balaban J connectivity index is 1.87. The molecule has 3 atom stereocenters. The van der Waals surface area contributed by atoms with Crippen LogP contribution >= 0.6 is 0 Å². The van der Waals surface area contributed by atoms with E-state index in [1.165, 1.54) is 0 Å². The number of hydrogen-bond acceptors (Lipinski definition) is 4. The Bertz CT molecular complexity index is 555. The number of aliphatic hydroxyl groups is 1. The number of nitrogens with zero attached hydrogens (tertiary/aromatic N) is 3. The van der Waals surface area contributed by atoms with Crippen molar-refractivity contribution in [2.24, 2.45) is 13.0 Å². The molecule has 1 N–H and O–H groups in total. The van der Waals surface area contributed by atoms with Gasteiger partial charge in [-0.1, -0.05) is 0 Å². The van der Waals surface area contributed by atoms with Crippen molar-refractivity contribution < 1.29 is 14.6 Å². The maximum atomic E-state index is 12.9. The SMILES string of the molecule is Cc1nn(C)c(C(=O)N2CCO[C@H]3C[C@H](CO)C[C@@H]32)c1C. The van der Waals surface area contributed by atoms with Crippen LogP contribution in [0, 0.1) is 19.8 Å². The summed E-state index contributed by atoms with van der Waals surface area (Å²) in [5.41, 5.74) is 2.51. The molecule has 0 aromatic carbocycles. The molecule has 116 valence electrons. The van der Waals surface area contributed by atoms with Crippen LogP contribution in [-0.4, -0.2) is 57.6 Å². The molecule has 2 aliphatic rings. The average Bonchev–Trinajstić information content (AvgIpc) is 2.99. The van der Waals surface area contributed by atoms with E-state index in [0.29, 0.717) is 18.8 Å². The smallest absolute Gasteiger partial charge is 0.272 e. The van der Waals surface area contributed by atoms with E-state index < -0.39 is 0 Å². The third-order valence-corrected chi connectivity index (χ3v) is 4.88. The second kappa shape index (κ2) is 5.42. The van der Waals surface area contributed by atoms with Crippen LogP contribution in [-0.2, 0) is 11.8 Å². The first kappa shape index (κ1) is 14.5. The highest BCUT2D eigenvalue weighted by atomic mass is 16.5. The van der Waals surface area contributed by atoms with Crippen LogP contribution in [0.15, 0.2) is 0 Å². The van der Waals surface area contributed by atoms with Crippen molar-refractivity contribution in [1.82, 2.24) is 14.7 Å². The van der Waals surface area contributed by atoms with Gasteiger partial charge in [0, 0.05) is 25.8 Å². The Labute approximate surface area is 124 Å². The summed E-state index contributed by atoms with van der Waals surface area (Å²) < 4.78 is 7.47. The fraction of sp³-hybridized carbons (Fsp3) is 0.733. The third kappa shape index (κ3) is 2.36. The number of carbonyl (C=O) groups excluding carboxylic acids is 1. The lowest BCUT2D eigenvalue weighted by molar-refractivity contribution is -0.0452.